The second-order valence-corrected chi connectivity index (χ2v) is 13.7. The molecule has 7 rings (SSSR count). The van der Waals surface area contributed by atoms with Crippen molar-refractivity contribution in [1.29, 1.82) is 0 Å². The third-order valence-corrected chi connectivity index (χ3v) is 10.6. The van der Waals surface area contributed by atoms with Crippen LogP contribution in [0.25, 0.3) is 44.5 Å². The molecule has 2 aliphatic rings. The lowest BCUT2D eigenvalue weighted by Crippen LogP contribution is -2.16. The maximum Gasteiger partial charge on any atom is 0.0159 e. The van der Waals surface area contributed by atoms with Crippen molar-refractivity contribution in [3.8, 4) is 44.5 Å². The molecule has 0 amide bonds. The number of hydrogen-bond donors (Lipinski definition) is 0. The zero-order chi connectivity index (χ0) is 29.0. The Kier molecular flexibility index (Phi) is 5.43. The van der Waals surface area contributed by atoms with Crippen LogP contribution in [0.3, 0.4) is 0 Å². The van der Waals surface area contributed by atoms with E-state index in [2.05, 4.69) is 141 Å². The van der Waals surface area contributed by atoms with Crippen LogP contribution in [0.2, 0.25) is 0 Å². The number of benzene rings is 5. The molecule has 0 atom stereocenters. The first-order chi connectivity index (χ1) is 19.4. The fourth-order valence-corrected chi connectivity index (χ4v) is 7.88. The molecule has 0 heteroatoms. The molecule has 0 fully saturated rings. The van der Waals surface area contributed by atoms with Gasteiger partial charge in [-0.05, 0) is 147 Å². The van der Waals surface area contributed by atoms with Gasteiger partial charge in [0.2, 0.25) is 0 Å². The SMILES string of the molecule is Cc1cc2c(cc1-c1ccc3c(c1)C(C)(C)c1cc(-c4c(C)c(C)cc(C)c4C)ccc1-3)C(C)(C)c1ccccc1-2. The maximum atomic E-state index is 2.48. The highest BCUT2D eigenvalue weighted by Gasteiger charge is 2.38. The van der Waals surface area contributed by atoms with E-state index in [0.717, 1.165) is 0 Å². The Morgan fingerprint density at radius 2 is 0.902 bits per heavy atom. The molecule has 5 aromatic carbocycles. The Balaban J connectivity index is 1.35. The largest absolute Gasteiger partial charge is 0.0619 e. The summed E-state index contributed by atoms with van der Waals surface area (Å²) in [5, 5.41) is 0. The Morgan fingerprint density at radius 3 is 1.56 bits per heavy atom. The van der Waals surface area contributed by atoms with Gasteiger partial charge in [-0.25, -0.2) is 0 Å². The molecule has 0 saturated heterocycles. The second kappa shape index (κ2) is 8.56. The van der Waals surface area contributed by atoms with Crippen molar-refractivity contribution in [2.24, 2.45) is 0 Å². The van der Waals surface area contributed by atoms with Crippen LogP contribution in [0, 0.1) is 34.6 Å². The van der Waals surface area contributed by atoms with Gasteiger partial charge in [-0.15, -0.1) is 0 Å². The van der Waals surface area contributed by atoms with E-state index in [1.54, 1.807) is 0 Å². The number of fused-ring (bicyclic) bond motifs is 6. The van der Waals surface area contributed by atoms with Crippen molar-refractivity contribution in [3.05, 3.63) is 129 Å². The Morgan fingerprint density at radius 1 is 0.390 bits per heavy atom. The minimum atomic E-state index is -0.0719. The molecule has 0 saturated carbocycles. The van der Waals surface area contributed by atoms with Gasteiger partial charge in [-0.3, -0.25) is 0 Å². The zero-order valence-electron chi connectivity index (χ0n) is 26.0. The van der Waals surface area contributed by atoms with E-state index in [4.69, 9.17) is 0 Å². The molecule has 0 radical (unpaired) electrons. The summed E-state index contributed by atoms with van der Waals surface area (Å²) >= 11 is 0. The van der Waals surface area contributed by atoms with Gasteiger partial charge in [-0.2, -0.15) is 0 Å². The van der Waals surface area contributed by atoms with Gasteiger partial charge in [-0.1, -0.05) is 88.4 Å². The van der Waals surface area contributed by atoms with Gasteiger partial charge in [0.05, 0.1) is 0 Å². The van der Waals surface area contributed by atoms with E-state index in [0.29, 0.717) is 0 Å². The minimum absolute atomic E-state index is 0.00141. The summed E-state index contributed by atoms with van der Waals surface area (Å²) in [5.74, 6) is 0. The van der Waals surface area contributed by atoms with Gasteiger partial charge < -0.3 is 0 Å². The predicted octanol–water partition coefficient (Wildman–Crippen LogP) is 11.2. The standard InChI is InChI=1S/C41H40/c1-23-18-24(2)27(5)39(26(23)4)29-15-17-32-31-16-14-28(20-36(31)41(8,9)37(32)21-29)33-22-38-34(19-25(33)3)30-12-10-11-13-35(30)40(38,6)7/h10-22H,1-9H3. The molecule has 0 bridgehead atoms. The highest BCUT2D eigenvalue weighted by molar-refractivity contribution is 5.89. The van der Waals surface area contributed by atoms with Crippen molar-refractivity contribution >= 4 is 0 Å². The first-order valence-corrected chi connectivity index (χ1v) is 15.0. The summed E-state index contributed by atoms with van der Waals surface area (Å²) in [6.07, 6.45) is 0. The van der Waals surface area contributed by atoms with E-state index >= 15 is 0 Å². The van der Waals surface area contributed by atoms with E-state index < -0.39 is 0 Å². The van der Waals surface area contributed by atoms with E-state index in [-0.39, 0.29) is 10.8 Å². The van der Waals surface area contributed by atoms with Crippen molar-refractivity contribution in [3.63, 3.8) is 0 Å². The normalized spacial score (nSPS) is 15.3. The molecular weight excluding hydrogens is 492 g/mol. The molecule has 41 heavy (non-hydrogen) atoms. The molecule has 0 unspecified atom stereocenters. The van der Waals surface area contributed by atoms with Crippen LogP contribution in [0.15, 0.2) is 78.9 Å². The molecule has 5 aromatic rings. The number of hydrogen-bond acceptors (Lipinski definition) is 0. The quantitative estimate of drug-likeness (QED) is 0.212. The molecule has 0 spiro atoms. The van der Waals surface area contributed by atoms with Crippen LogP contribution in [0.4, 0.5) is 0 Å². The first kappa shape index (κ1) is 26.0. The highest BCUT2D eigenvalue weighted by atomic mass is 14.4. The summed E-state index contributed by atoms with van der Waals surface area (Å²) in [5.41, 5.74) is 23.4. The van der Waals surface area contributed by atoms with Gasteiger partial charge in [0.25, 0.3) is 0 Å². The highest BCUT2D eigenvalue weighted by Crippen LogP contribution is 2.53. The molecule has 204 valence electrons. The van der Waals surface area contributed by atoms with Gasteiger partial charge in [0.15, 0.2) is 0 Å². The van der Waals surface area contributed by atoms with Gasteiger partial charge in [0, 0.05) is 10.8 Å². The van der Waals surface area contributed by atoms with Crippen LogP contribution >= 0.6 is 0 Å². The third-order valence-electron chi connectivity index (χ3n) is 10.6. The molecular formula is C41H40. The molecule has 0 N–H and O–H groups in total. The Hall–Kier alpha value is -3.90. The smallest absolute Gasteiger partial charge is 0.0159 e. The van der Waals surface area contributed by atoms with Crippen LogP contribution in [0.1, 0.15) is 77.8 Å². The lowest BCUT2D eigenvalue weighted by Gasteiger charge is -2.24. The van der Waals surface area contributed by atoms with Crippen molar-refractivity contribution in [2.45, 2.75) is 73.1 Å². The number of rotatable bonds is 2. The summed E-state index contributed by atoms with van der Waals surface area (Å²) in [6, 6.07) is 30.5. The monoisotopic (exact) mass is 532 g/mol. The maximum absolute atomic E-state index is 2.48. The average Bonchev–Trinajstić information content (AvgIpc) is 3.30. The molecule has 0 heterocycles. The van der Waals surface area contributed by atoms with Crippen LogP contribution < -0.4 is 0 Å². The van der Waals surface area contributed by atoms with Gasteiger partial charge >= 0.3 is 0 Å². The predicted molar refractivity (Wildman–Crippen MR) is 176 cm³/mol. The lowest BCUT2D eigenvalue weighted by atomic mass is 9.79. The molecule has 0 aromatic heterocycles. The van der Waals surface area contributed by atoms with E-state index in [1.807, 2.05) is 0 Å². The topological polar surface area (TPSA) is 0 Å². The second-order valence-electron chi connectivity index (χ2n) is 13.7. The summed E-state index contributed by atoms with van der Waals surface area (Å²) in [4.78, 5) is 0. The fraction of sp³-hybridized carbons (Fsp3) is 0.268. The molecule has 0 nitrogen and oxygen atoms in total. The van der Waals surface area contributed by atoms with Crippen molar-refractivity contribution in [2.75, 3.05) is 0 Å². The van der Waals surface area contributed by atoms with Gasteiger partial charge in [0.1, 0.15) is 0 Å². The molecule has 2 aliphatic carbocycles. The van der Waals surface area contributed by atoms with Crippen LogP contribution in [0.5, 0.6) is 0 Å². The molecule has 0 aliphatic heterocycles. The lowest BCUT2D eigenvalue weighted by molar-refractivity contribution is 0.659. The van der Waals surface area contributed by atoms with Crippen molar-refractivity contribution < 1.29 is 0 Å². The summed E-state index contributed by atoms with van der Waals surface area (Å²) in [7, 11) is 0. The Bertz CT molecular complexity index is 1900. The van der Waals surface area contributed by atoms with E-state index in [1.165, 1.54) is 94.6 Å². The number of aryl methyl sites for hydroxylation is 3. The minimum Gasteiger partial charge on any atom is -0.0619 e. The van der Waals surface area contributed by atoms with E-state index in [9.17, 15) is 0 Å². The Labute approximate surface area is 246 Å². The van der Waals surface area contributed by atoms with Crippen molar-refractivity contribution in [1.82, 2.24) is 0 Å². The fourth-order valence-electron chi connectivity index (χ4n) is 7.88. The summed E-state index contributed by atoms with van der Waals surface area (Å²) in [6.45, 7) is 20.8. The zero-order valence-corrected chi connectivity index (χ0v) is 26.0. The van der Waals surface area contributed by atoms with Crippen LogP contribution in [-0.2, 0) is 10.8 Å². The first-order valence-electron chi connectivity index (χ1n) is 15.0. The third kappa shape index (κ3) is 3.53. The van der Waals surface area contributed by atoms with Crippen LogP contribution in [-0.4, -0.2) is 0 Å². The average molecular weight is 533 g/mol. The summed E-state index contributed by atoms with van der Waals surface area (Å²) < 4.78 is 0.